The monoisotopic (exact) mass is 260 g/mol. The summed E-state index contributed by atoms with van der Waals surface area (Å²) in [7, 11) is 0. The van der Waals surface area contributed by atoms with Crippen LogP contribution in [0.2, 0.25) is 0 Å². The highest BCUT2D eigenvalue weighted by Crippen LogP contribution is 2.24. The molecule has 0 aliphatic rings. The normalized spacial score (nSPS) is 10.5. The maximum atomic E-state index is 4.48. The molecule has 0 radical (unpaired) electrons. The van der Waals surface area contributed by atoms with Gasteiger partial charge in [-0.1, -0.05) is 30.3 Å². The fraction of sp³-hybridized carbons (Fsp3) is 0.111. The second kappa shape index (κ2) is 5.25. The summed E-state index contributed by atoms with van der Waals surface area (Å²) < 4.78 is 0. The Balaban J connectivity index is 2.01. The van der Waals surface area contributed by atoms with Crippen molar-refractivity contribution >= 4 is 0 Å². The Bertz CT molecular complexity index is 652. The van der Waals surface area contributed by atoms with Crippen LogP contribution in [0.5, 0.6) is 0 Å². The summed E-state index contributed by atoms with van der Waals surface area (Å²) in [5, 5.41) is 0. The van der Waals surface area contributed by atoms with Crippen LogP contribution in [0.4, 0.5) is 0 Å². The molecule has 3 aromatic rings. The molecule has 0 N–H and O–H groups in total. The van der Waals surface area contributed by atoms with E-state index in [4.69, 9.17) is 0 Å². The molecule has 3 rings (SSSR count). The number of aromatic nitrogens is 2. The van der Waals surface area contributed by atoms with E-state index in [2.05, 4.69) is 52.4 Å². The molecule has 0 aliphatic heterocycles. The van der Waals surface area contributed by atoms with Crippen LogP contribution in [0.25, 0.3) is 22.5 Å². The zero-order valence-electron chi connectivity index (χ0n) is 11.7. The van der Waals surface area contributed by atoms with Crippen molar-refractivity contribution in [2.45, 2.75) is 13.8 Å². The Morgan fingerprint density at radius 1 is 0.650 bits per heavy atom. The molecule has 0 spiro atoms. The first-order valence-electron chi connectivity index (χ1n) is 6.68. The molecular formula is C18H16N2. The molecule has 0 bridgehead atoms. The second-order valence-corrected chi connectivity index (χ2v) is 5.02. The van der Waals surface area contributed by atoms with Crippen LogP contribution in [0.3, 0.4) is 0 Å². The summed E-state index contributed by atoms with van der Waals surface area (Å²) in [6.45, 7) is 4.09. The van der Waals surface area contributed by atoms with Crippen molar-refractivity contribution in [3.8, 4) is 22.5 Å². The smallest absolute Gasteiger partial charge is 0.0702 e. The molecule has 2 aromatic heterocycles. The zero-order chi connectivity index (χ0) is 13.9. The van der Waals surface area contributed by atoms with Crippen LogP contribution in [0.1, 0.15) is 11.1 Å². The van der Waals surface area contributed by atoms with Gasteiger partial charge in [-0.3, -0.25) is 9.97 Å². The van der Waals surface area contributed by atoms with Gasteiger partial charge in [0.25, 0.3) is 0 Å². The Kier molecular flexibility index (Phi) is 3.30. The summed E-state index contributed by atoms with van der Waals surface area (Å²) in [5.41, 5.74) is 6.55. The van der Waals surface area contributed by atoms with Crippen molar-refractivity contribution in [3.63, 3.8) is 0 Å². The molecule has 0 saturated heterocycles. The van der Waals surface area contributed by atoms with Crippen molar-refractivity contribution < 1.29 is 0 Å². The molecule has 20 heavy (non-hydrogen) atoms. The van der Waals surface area contributed by atoms with E-state index in [0.29, 0.717) is 0 Å². The van der Waals surface area contributed by atoms with Crippen molar-refractivity contribution in [2.75, 3.05) is 0 Å². The van der Waals surface area contributed by atoms with Gasteiger partial charge in [-0.2, -0.15) is 0 Å². The molecule has 0 atom stereocenters. The molecule has 0 saturated carbocycles. The van der Waals surface area contributed by atoms with E-state index in [1.807, 2.05) is 32.3 Å². The summed E-state index contributed by atoms with van der Waals surface area (Å²) in [6, 6.07) is 16.6. The van der Waals surface area contributed by atoms with Crippen LogP contribution < -0.4 is 0 Å². The molecular weight excluding hydrogens is 244 g/mol. The predicted octanol–water partition coefficient (Wildman–Crippen LogP) is 4.43. The minimum Gasteiger partial charge on any atom is -0.256 e. The lowest BCUT2D eigenvalue weighted by molar-refractivity contribution is 1.26. The fourth-order valence-corrected chi connectivity index (χ4v) is 2.11. The highest BCUT2D eigenvalue weighted by atomic mass is 14.7. The minimum absolute atomic E-state index is 0.990. The summed E-state index contributed by atoms with van der Waals surface area (Å²) in [6.07, 6.45) is 3.79. The minimum atomic E-state index is 0.990. The number of rotatable bonds is 2. The van der Waals surface area contributed by atoms with Gasteiger partial charge in [0.05, 0.1) is 11.4 Å². The molecule has 0 aliphatic carbocycles. The first-order valence-corrected chi connectivity index (χ1v) is 6.68. The maximum Gasteiger partial charge on any atom is 0.0702 e. The van der Waals surface area contributed by atoms with E-state index in [9.17, 15) is 0 Å². The number of hydrogen-bond acceptors (Lipinski definition) is 2. The average Bonchev–Trinajstić information content (AvgIpc) is 2.49. The number of pyridine rings is 2. The number of aryl methyl sites for hydroxylation is 2. The Hall–Kier alpha value is -2.48. The Morgan fingerprint density at radius 2 is 1.15 bits per heavy atom. The highest BCUT2D eigenvalue weighted by Gasteiger charge is 2.03. The quantitative estimate of drug-likeness (QED) is 0.681. The average molecular weight is 260 g/mol. The third-order valence-electron chi connectivity index (χ3n) is 3.28. The topological polar surface area (TPSA) is 25.8 Å². The molecule has 0 unspecified atom stereocenters. The lowest BCUT2D eigenvalue weighted by Gasteiger charge is -2.05. The largest absolute Gasteiger partial charge is 0.256 e. The van der Waals surface area contributed by atoms with Crippen LogP contribution in [0, 0.1) is 13.8 Å². The Morgan fingerprint density at radius 3 is 1.55 bits per heavy atom. The molecule has 0 amide bonds. The van der Waals surface area contributed by atoms with E-state index in [0.717, 1.165) is 22.5 Å². The molecule has 2 heterocycles. The van der Waals surface area contributed by atoms with Crippen LogP contribution in [-0.4, -0.2) is 9.97 Å². The lowest BCUT2D eigenvalue weighted by Crippen LogP contribution is -1.87. The first kappa shape index (κ1) is 12.5. The summed E-state index contributed by atoms with van der Waals surface area (Å²) in [4.78, 5) is 8.95. The van der Waals surface area contributed by atoms with E-state index >= 15 is 0 Å². The van der Waals surface area contributed by atoms with Gasteiger partial charge in [-0.25, -0.2) is 0 Å². The van der Waals surface area contributed by atoms with Gasteiger partial charge in [-0.15, -0.1) is 0 Å². The zero-order valence-corrected chi connectivity index (χ0v) is 11.7. The van der Waals surface area contributed by atoms with E-state index in [1.165, 1.54) is 11.1 Å². The van der Waals surface area contributed by atoms with Crippen molar-refractivity contribution in [1.82, 2.24) is 9.97 Å². The van der Waals surface area contributed by atoms with Gasteiger partial charge in [0.15, 0.2) is 0 Å². The van der Waals surface area contributed by atoms with Gasteiger partial charge in [0.1, 0.15) is 0 Å². The standard InChI is InChI=1S/C18H16N2/c1-13-6-8-17(19-11-13)15-4-3-5-16(10-15)18-9-7-14(2)12-20-18/h3-12H,1-2H3. The number of benzene rings is 1. The molecule has 2 nitrogen and oxygen atoms in total. The Labute approximate surface area is 119 Å². The van der Waals surface area contributed by atoms with E-state index < -0.39 is 0 Å². The maximum absolute atomic E-state index is 4.48. The molecule has 1 aromatic carbocycles. The molecule has 0 fully saturated rings. The second-order valence-electron chi connectivity index (χ2n) is 5.02. The fourth-order valence-electron chi connectivity index (χ4n) is 2.11. The summed E-state index contributed by atoms with van der Waals surface area (Å²) in [5.74, 6) is 0. The molecule has 98 valence electrons. The van der Waals surface area contributed by atoms with Crippen LogP contribution >= 0.6 is 0 Å². The van der Waals surface area contributed by atoms with E-state index in [-0.39, 0.29) is 0 Å². The van der Waals surface area contributed by atoms with Gasteiger partial charge in [0.2, 0.25) is 0 Å². The van der Waals surface area contributed by atoms with Gasteiger partial charge < -0.3 is 0 Å². The SMILES string of the molecule is Cc1ccc(-c2cccc(-c3ccc(C)cn3)c2)nc1. The highest BCUT2D eigenvalue weighted by molar-refractivity contribution is 5.69. The van der Waals surface area contributed by atoms with Gasteiger partial charge in [0, 0.05) is 23.5 Å². The van der Waals surface area contributed by atoms with E-state index in [1.54, 1.807) is 0 Å². The third-order valence-corrected chi connectivity index (χ3v) is 3.28. The first-order chi connectivity index (χ1) is 9.72. The predicted molar refractivity (Wildman–Crippen MR) is 82.4 cm³/mol. The van der Waals surface area contributed by atoms with Crippen molar-refractivity contribution in [3.05, 3.63) is 72.1 Å². The molecule has 2 heteroatoms. The van der Waals surface area contributed by atoms with Crippen LogP contribution in [0.15, 0.2) is 60.9 Å². The number of hydrogen-bond donors (Lipinski definition) is 0. The number of nitrogens with zero attached hydrogens (tertiary/aromatic N) is 2. The van der Waals surface area contributed by atoms with Gasteiger partial charge >= 0.3 is 0 Å². The van der Waals surface area contributed by atoms with Crippen molar-refractivity contribution in [2.24, 2.45) is 0 Å². The van der Waals surface area contributed by atoms with Crippen molar-refractivity contribution in [1.29, 1.82) is 0 Å². The van der Waals surface area contributed by atoms with Gasteiger partial charge in [-0.05, 0) is 43.2 Å². The third kappa shape index (κ3) is 2.59. The summed E-state index contributed by atoms with van der Waals surface area (Å²) >= 11 is 0. The van der Waals surface area contributed by atoms with Crippen LogP contribution in [-0.2, 0) is 0 Å². The lowest BCUT2D eigenvalue weighted by atomic mass is 10.0.